The van der Waals surface area contributed by atoms with Gasteiger partial charge in [0.1, 0.15) is 12.1 Å². The minimum absolute atomic E-state index is 0.280. The van der Waals surface area contributed by atoms with Crippen LogP contribution in [0.3, 0.4) is 0 Å². The Bertz CT molecular complexity index is 734. The molecule has 0 amide bonds. The van der Waals surface area contributed by atoms with Crippen LogP contribution in [0.25, 0.3) is 22.2 Å². The fourth-order valence-electron chi connectivity index (χ4n) is 2.07. The quantitative estimate of drug-likeness (QED) is 0.710. The molecule has 0 aliphatic rings. The zero-order chi connectivity index (χ0) is 12.7. The summed E-state index contributed by atoms with van der Waals surface area (Å²) in [7, 11) is 0. The molecule has 0 aliphatic heterocycles. The third-order valence-electron chi connectivity index (χ3n) is 2.84. The van der Waals surface area contributed by atoms with Crippen molar-refractivity contribution in [1.82, 2.24) is 4.98 Å². The first-order valence-electron chi connectivity index (χ1n) is 5.55. The van der Waals surface area contributed by atoms with Gasteiger partial charge in [0.2, 0.25) is 5.71 Å². The molecular formula is C14H11FN2O. The first kappa shape index (κ1) is 10.8. The lowest BCUT2D eigenvalue weighted by molar-refractivity contribution is 0.603. The van der Waals surface area contributed by atoms with Gasteiger partial charge in [-0.2, -0.15) is 0 Å². The van der Waals surface area contributed by atoms with Crippen LogP contribution in [0.2, 0.25) is 0 Å². The first-order chi connectivity index (χ1) is 8.65. The number of aromatic nitrogens is 1. The molecule has 0 bridgehead atoms. The Labute approximate surface area is 103 Å². The molecule has 2 N–H and O–H groups in total. The van der Waals surface area contributed by atoms with Crippen molar-refractivity contribution >= 4 is 16.8 Å². The van der Waals surface area contributed by atoms with Crippen LogP contribution < -0.4 is 5.73 Å². The molecule has 0 saturated carbocycles. The number of hydrogen-bond acceptors (Lipinski definition) is 3. The second kappa shape index (κ2) is 3.84. The maximum atomic E-state index is 13.3. The lowest BCUT2D eigenvalue weighted by Crippen LogP contribution is -1.89. The van der Waals surface area contributed by atoms with E-state index in [1.807, 2.05) is 19.1 Å². The number of halogens is 1. The number of benzene rings is 1. The average molecular weight is 242 g/mol. The summed E-state index contributed by atoms with van der Waals surface area (Å²) in [6.07, 6.45) is 1.46. The van der Waals surface area contributed by atoms with E-state index in [0.717, 1.165) is 22.2 Å². The Kier molecular flexibility index (Phi) is 2.30. The van der Waals surface area contributed by atoms with Crippen molar-refractivity contribution in [1.29, 1.82) is 0 Å². The molecule has 0 saturated heterocycles. The molecule has 4 heteroatoms. The van der Waals surface area contributed by atoms with Gasteiger partial charge in [0, 0.05) is 5.69 Å². The number of furan rings is 1. The van der Waals surface area contributed by atoms with Crippen LogP contribution in [0.5, 0.6) is 0 Å². The maximum Gasteiger partial charge on any atom is 0.228 e. The summed E-state index contributed by atoms with van der Waals surface area (Å²) in [6, 6.07) is 8.27. The number of aryl methyl sites for hydroxylation is 1. The molecule has 1 aromatic carbocycles. The highest BCUT2D eigenvalue weighted by molar-refractivity contribution is 6.00. The third kappa shape index (κ3) is 1.62. The van der Waals surface area contributed by atoms with Crippen LogP contribution in [-0.2, 0) is 0 Å². The van der Waals surface area contributed by atoms with Gasteiger partial charge in [-0.1, -0.05) is 12.1 Å². The van der Waals surface area contributed by atoms with Crippen molar-refractivity contribution in [3.63, 3.8) is 0 Å². The minimum Gasteiger partial charge on any atom is -0.444 e. The average Bonchev–Trinajstić information content (AvgIpc) is 2.70. The van der Waals surface area contributed by atoms with Crippen LogP contribution in [0, 0.1) is 12.7 Å². The van der Waals surface area contributed by atoms with Crippen molar-refractivity contribution in [2.24, 2.45) is 0 Å². The fourth-order valence-corrected chi connectivity index (χ4v) is 2.07. The van der Waals surface area contributed by atoms with Crippen molar-refractivity contribution < 1.29 is 8.81 Å². The van der Waals surface area contributed by atoms with Gasteiger partial charge in [0.25, 0.3) is 0 Å². The Balaban J connectivity index is 2.37. The van der Waals surface area contributed by atoms with E-state index in [4.69, 9.17) is 10.2 Å². The lowest BCUT2D eigenvalue weighted by Gasteiger charge is -2.05. The molecule has 0 spiro atoms. The zero-order valence-corrected chi connectivity index (χ0v) is 9.77. The number of pyridine rings is 1. The Morgan fingerprint density at radius 3 is 2.89 bits per heavy atom. The SMILES string of the molecule is Cc1cc(-c2cccc(F)c2)c2c(N)coc2n1. The standard InChI is InChI=1S/C14H11FN2O/c1-8-5-11(9-3-2-4-10(15)6-9)13-12(16)7-18-14(13)17-8/h2-7H,16H2,1H3. The van der Waals surface area contributed by atoms with Crippen molar-refractivity contribution in [3.05, 3.63) is 48.1 Å². The second-order valence-electron chi connectivity index (χ2n) is 4.19. The van der Waals surface area contributed by atoms with E-state index >= 15 is 0 Å². The molecule has 0 radical (unpaired) electrons. The Morgan fingerprint density at radius 1 is 1.28 bits per heavy atom. The van der Waals surface area contributed by atoms with Crippen LogP contribution in [0.4, 0.5) is 10.1 Å². The van der Waals surface area contributed by atoms with Gasteiger partial charge in [-0.05, 0) is 36.2 Å². The van der Waals surface area contributed by atoms with Gasteiger partial charge in [0.05, 0.1) is 11.1 Å². The van der Waals surface area contributed by atoms with E-state index < -0.39 is 0 Å². The highest BCUT2D eigenvalue weighted by Crippen LogP contribution is 2.33. The molecule has 0 unspecified atom stereocenters. The summed E-state index contributed by atoms with van der Waals surface area (Å²) >= 11 is 0. The van der Waals surface area contributed by atoms with Crippen LogP contribution in [0.15, 0.2) is 41.0 Å². The minimum atomic E-state index is -0.280. The molecule has 3 aromatic rings. The molecule has 18 heavy (non-hydrogen) atoms. The predicted molar refractivity (Wildman–Crippen MR) is 68.6 cm³/mol. The van der Waals surface area contributed by atoms with Gasteiger partial charge >= 0.3 is 0 Å². The summed E-state index contributed by atoms with van der Waals surface area (Å²) in [5, 5.41) is 0.728. The molecule has 90 valence electrons. The monoisotopic (exact) mass is 242 g/mol. The molecule has 3 nitrogen and oxygen atoms in total. The second-order valence-corrected chi connectivity index (χ2v) is 4.19. The highest BCUT2D eigenvalue weighted by atomic mass is 19.1. The number of nitrogens with zero attached hydrogens (tertiary/aromatic N) is 1. The number of anilines is 1. The van der Waals surface area contributed by atoms with Crippen LogP contribution >= 0.6 is 0 Å². The van der Waals surface area contributed by atoms with E-state index in [2.05, 4.69) is 4.98 Å². The summed E-state index contributed by atoms with van der Waals surface area (Å²) in [5.74, 6) is -0.280. The summed E-state index contributed by atoms with van der Waals surface area (Å²) in [6.45, 7) is 1.86. The van der Waals surface area contributed by atoms with Crippen LogP contribution in [0.1, 0.15) is 5.69 Å². The number of nitrogen functional groups attached to an aromatic ring is 1. The van der Waals surface area contributed by atoms with E-state index in [9.17, 15) is 4.39 Å². The van der Waals surface area contributed by atoms with Gasteiger partial charge < -0.3 is 10.2 Å². The summed E-state index contributed by atoms with van der Waals surface area (Å²) < 4.78 is 18.6. The van der Waals surface area contributed by atoms with Crippen molar-refractivity contribution in [2.75, 3.05) is 5.73 Å². The van der Waals surface area contributed by atoms with E-state index in [-0.39, 0.29) is 5.82 Å². The summed E-state index contributed by atoms with van der Waals surface area (Å²) in [5.41, 5.74) is 9.27. The van der Waals surface area contributed by atoms with Gasteiger partial charge in [-0.15, -0.1) is 0 Å². The lowest BCUT2D eigenvalue weighted by atomic mass is 10.0. The summed E-state index contributed by atoms with van der Waals surface area (Å²) in [4.78, 5) is 4.26. The molecule has 3 rings (SSSR count). The van der Waals surface area contributed by atoms with Crippen molar-refractivity contribution in [3.8, 4) is 11.1 Å². The highest BCUT2D eigenvalue weighted by Gasteiger charge is 2.12. The van der Waals surface area contributed by atoms with E-state index in [0.29, 0.717) is 11.4 Å². The van der Waals surface area contributed by atoms with Crippen molar-refractivity contribution in [2.45, 2.75) is 6.92 Å². The third-order valence-corrected chi connectivity index (χ3v) is 2.84. The largest absolute Gasteiger partial charge is 0.444 e. The molecule has 0 aliphatic carbocycles. The molecular weight excluding hydrogens is 231 g/mol. The maximum absolute atomic E-state index is 13.3. The van der Waals surface area contributed by atoms with E-state index in [1.54, 1.807) is 6.07 Å². The molecule has 0 fully saturated rings. The van der Waals surface area contributed by atoms with Gasteiger partial charge in [0.15, 0.2) is 0 Å². The Hall–Kier alpha value is -2.36. The number of hydrogen-bond donors (Lipinski definition) is 1. The van der Waals surface area contributed by atoms with Gasteiger partial charge in [-0.25, -0.2) is 9.37 Å². The number of rotatable bonds is 1. The fraction of sp³-hybridized carbons (Fsp3) is 0.0714. The van der Waals surface area contributed by atoms with Gasteiger partial charge in [-0.3, -0.25) is 0 Å². The van der Waals surface area contributed by atoms with Crippen LogP contribution in [-0.4, -0.2) is 4.98 Å². The number of fused-ring (bicyclic) bond motifs is 1. The Morgan fingerprint density at radius 2 is 2.11 bits per heavy atom. The molecule has 2 aromatic heterocycles. The smallest absolute Gasteiger partial charge is 0.228 e. The topological polar surface area (TPSA) is 52.0 Å². The molecule has 2 heterocycles. The van der Waals surface area contributed by atoms with E-state index in [1.165, 1.54) is 18.4 Å². The first-order valence-corrected chi connectivity index (χ1v) is 5.55. The molecule has 0 atom stereocenters. The zero-order valence-electron chi connectivity index (χ0n) is 9.77. The number of nitrogens with two attached hydrogens (primary N) is 1. The normalized spacial score (nSPS) is 11.0. The predicted octanol–water partition coefficient (Wildman–Crippen LogP) is 3.52.